The molecule has 46 heavy (non-hydrogen) atoms. The van der Waals surface area contributed by atoms with E-state index in [1.807, 2.05) is 0 Å². The molecule has 0 aliphatic heterocycles. The number of aromatic nitrogens is 3. The first kappa shape index (κ1) is 32.3. The van der Waals surface area contributed by atoms with Crippen LogP contribution < -0.4 is 4.74 Å². The zero-order chi connectivity index (χ0) is 33.6. The Labute approximate surface area is 259 Å². The summed E-state index contributed by atoms with van der Waals surface area (Å²) in [6, 6.07) is 16.9. The number of esters is 1. The van der Waals surface area contributed by atoms with Gasteiger partial charge in [-0.2, -0.15) is 13.9 Å². The molecule has 0 saturated heterocycles. The van der Waals surface area contributed by atoms with E-state index < -0.39 is 39.5 Å². The molecule has 3 aromatic carbocycles. The SMILES string of the molecule is COC(=O)C(F)(F)c1cc(-c2ccc(-c3cccc(S(C)(=O)=O)c3)cc2-c2oc(C)nc2-c2ccc(OC(F)(F)F)cc2)n(C)n1. The number of methoxy groups -OCH3 is 1. The van der Waals surface area contributed by atoms with E-state index in [-0.39, 0.29) is 27.9 Å². The standard InChI is InChI=1S/C31H24F5N3O6S/c1-17-37-27(18-8-11-21(12-9-18)45-31(34,35)36)28(44-17)24-15-20(19-6-5-7-22(14-19)46(4,41)42)10-13-23(24)25-16-26(38-39(25)2)30(32,33)29(40)43-3/h5-16H,1-4H3. The van der Waals surface area contributed by atoms with E-state index in [9.17, 15) is 35.2 Å². The van der Waals surface area contributed by atoms with Crippen LogP contribution in [0.2, 0.25) is 0 Å². The molecule has 0 radical (unpaired) electrons. The minimum absolute atomic E-state index is 0.0642. The third kappa shape index (κ3) is 6.49. The van der Waals surface area contributed by atoms with Crippen molar-refractivity contribution < 1.29 is 49.1 Å². The van der Waals surface area contributed by atoms with Crippen LogP contribution in [0, 0.1) is 6.92 Å². The molecule has 0 bridgehead atoms. The van der Waals surface area contributed by atoms with Gasteiger partial charge in [-0.15, -0.1) is 13.2 Å². The highest BCUT2D eigenvalue weighted by Crippen LogP contribution is 2.42. The van der Waals surface area contributed by atoms with Gasteiger partial charge in [-0.25, -0.2) is 18.2 Å². The number of hydrogen-bond donors (Lipinski definition) is 0. The smallest absolute Gasteiger partial charge is 0.464 e. The van der Waals surface area contributed by atoms with E-state index >= 15 is 0 Å². The molecule has 0 aliphatic rings. The number of carbonyl (C=O) groups is 1. The van der Waals surface area contributed by atoms with Crippen molar-refractivity contribution in [3.8, 4) is 50.7 Å². The van der Waals surface area contributed by atoms with E-state index in [4.69, 9.17) is 4.42 Å². The van der Waals surface area contributed by atoms with Crippen molar-refractivity contribution in [3.63, 3.8) is 0 Å². The van der Waals surface area contributed by atoms with Crippen molar-refractivity contribution in [2.45, 2.75) is 24.1 Å². The maximum Gasteiger partial charge on any atom is 0.573 e. The van der Waals surface area contributed by atoms with Crippen LogP contribution in [0.25, 0.3) is 45.0 Å². The van der Waals surface area contributed by atoms with Gasteiger partial charge in [0.15, 0.2) is 21.5 Å². The first-order valence-corrected chi connectivity index (χ1v) is 15.2. The molecule has 0 N–H and O–H groups in total. The molecule has 240 valence electrons. The molecule has 0 fully saturated rings. The number of benzene rings is 3. The number of oxazole rings is 1. The van der Waals surface area contributed by atoms with Crippen LogP contribution in [0.5, 0.6) is 5.75 Å². The van der Waals surface area contributed by atoms with Gasteiger partial charge in [0.1, 0.15) is 17.1 Å². The second-order valence-corrected chi connectivity index (χ2v) is 12.2. The molecule has 0 unspecified atom stereocenters. The van der Waals surface area contributed by atoms with Gasteiger partial charge >= 0.3 is 18.3 Å². The van der Waals surface area contributed by atoms with Crippen molar-refractivity contribution >= 4 is 15.8 Å². The van der Waals surface area contributed by atoms with E-state index in [2.05, 4.69) is 19.6 Å². The number of aryl methyl sites for hydroxylation is 2. The maximum atomic E-state index is 14.8. The van der Waals surface area contributed by atoms with Gasteiger partial charge < -0.3 is 13.9 Å². The normalized spacial score (nSPS) is 12.3. The van der Waals surface area contributed by atoms with E-state index in [1.165, 1.54) is 31.3 Å². The zero-order valence-electron chi connectivity index (χ0n) is 24.5. The van der Waals surface area contributed by atoms with E-state index in [0.717, 1.165) is 36.2 Å². The molecular formula is C31H24F5N3O6S. The number of ether oxygens (including phenoxy) is 2. The van der Waals surface area contributed by atoms with Crippen LogP contribution in [-0.4, -0.2) is 48.9 Å². The van der Waals surface area contributed by atoms with Gasteiger partial charge in [0.2, 0.25) is 0 Å². The third-order valence-corrected chi connectivity index (χ3v) is 7.98. The monoisotopic (exact) mass is 661 g/mol. The molecule has 2 aromatic heterocycles. The molecule has 2 heterocycles. The number of rotatable bonds is 8. The Morgan fingerprint density at radius 2 is 1.54 bits per heavy atom. The van der Waals surface area contributed by atoms with Crippen LogP contribution >= 0.6 is 0 Å². The second kappa shape index (κ2) is 11.7. The van der Waals surface area contributed by atoms with Crippen molar-refractivity contribution in [2.24, 2.45) is 7.05 Å². The lowest BCUT2D eigenvalue weighted by Gasteiger charge is -2.13. The highest BCUT2D eigenvalue weighted by molar-refractivity contribution is 7.90. The second-order valence-electron chi connectivity index (χ2n) is 10.1. The maximum absolute atomic E-state index is 14.8. The molecule has 0 saturated carbocycles. The van der Waals surface area contributed by atoms with E-state index in [0.29, 0.717) is 27.8 Å². The highest BCUT2D eigenvalue weighted by atomic mass is 32.2. The van der Waals surface area contributed by atoms with Crippen molar-refractivity contribution in [3.05, 3.63) is 84.4 Å². The lowest BCUT2D eigenvalue weighted by Crippen LogP contribution is -2.27. The Bertz CT molecular complexity index is 2050. The van der Waals surface area contributed by atoms with Gasteiger partial charge in [0.05, 0.1) is 17.7 Å². The molecule has 0 spiro atoms. The molecular weight excluding hydrogens is 637 g/mol. The minimum Gasteiger partial charge on any atom is -0.464 e. The number of hydrogen-bond acceptors (Lipinski definition) is 8. The molecule has 0 aliphatic carbocycles. The predicted molar refractivity (Wildman–Crippen MR) is 155 cm³/mol. The topological polar surface area (TPSA) is 114 Å². The van der Waals surface area contributed by atoms with Crippen molar-refractivity contribution in [1.82, 2.24) is 14.8 Å². The fourth-order valence-electron chi connectivity index (χ4n) is 4.77. The summed E-state index contributed by atoms with van der Waals surface area (Å²) in [6.45, 7) is 1.55. The van der Waals surface area contributed by atoms with E-state index in [1.54, 1.807) is 37.3 Å². The molecule has 5 aromatic rings. The van der Waals surface area contributed by atoms with Gasteiger partial charge in [-0.1, -0.05) is 24.3 Å². The number of sulfone groups is 1. The van der Waals surface area contributed by atoms with Gasteiger partial charge in [-0.05, 0) is 59.7 Å². The molecule has 0 atom stereocenters. The number of nitrogens with zero attached hydrogens (tertiary/aromatic N) is 3. The highest BCUT2D eigenvalue weighted by Gasteiger charge is 2.45. The molecule has 0 amide bonds. The Morgan fingerprint density at radius 3 is 2.17 bits per heavy atom. The van der Waals surface area contributed by atoms with Crippen LogP contribution in [0.15, 0.2) is 82.1 Å². The molecule has 15 heteroatoms. The van der Waals surface area contributed by atoms with Crippen molar-refractivity contribution in [1.29, 1.82) is 0 Å². The Kier molecular flexibility index (Phi) is 8.23. The lowest BCUT2D eigenvalue weighted by atomic mass is 9.94. The number of carbonyl (C=O) groups excluding carboxylic acids is 1. The Morgan fingerprint density at radius 1 is 0.891 bits per heavy atom. The summed E-state index contributed by atoms with van der Waals surface area (Å²) in [5.74, 6) is -6.02. The molecule has 9 nitrogen and oxygen atoms in total. The summed E-state index contributed by atoms with van der Waals surface area (Å²) in [7, 11) is -1.34. The predicted octanol–water partition coefficient (Wildman–Crippen LogP) is 6.95. The number of halogens is 5. The Hall–Kier alpha value is -5.05. The van der Waals surface area contributed by atoms with Gasteiger partial charge in [0.25, 0.3) is 0 Å². The quantitative estimate of drug-likeness (QED) is 0.130. The van der Waals surface area contributed by atoms with Crippen LogP contribution in [0.4, 0.5) is 22.0 Å². The minimum atomic E-state index is -4.90. The summed E-state index contributed by atoms with van der Waals surface area (Å²) in [5.41, 5.74) is 1.44. The fraction of sp³-hybridized carbons (Fsp3) is 0.194. The summed E-state index contributed by atoms with van der Waals surface area (Å²) >= 11 is 0. The van der Waals surface area contributed by atoms with Crippen LogP contribution in [0.1, 0.15) is 11.6 Å². The van der Waals surface area contributed by atoms with Gasteiger partial charge in [0, 0.05) is 36.9 Å². The van der Waals surface area contributed by atoms with Gasteiger partial charge in [-0.3, -0.25) is 4.68 Å². The first-order chi connectivity index (χ1) is 21.5. The average molecular weight is 662 g/mol. The zero-order valence-corrected chi connectivity index (χ0v) is 25.3. The summed E-state index contributed by atoms with van der Waals surface area (Å²) in [5, 5.41) is 3.85. The van der Waals surface area contributed by atoms with Crippen LogP contribution in [0.3, 0.4) is 0 Å². The first-order valence-electron chi connectivity index (χ1n) is 13.3. The summed E-state index contributed by atoms with van der Waals surface area (Å²) in [4.78, 5) is 16.3. The summed E-state index contributed by atoms with van der Waals surface area (Å²) < 4.78 is 108. The average Bonchev–Trinajstić information content (AvgIpc) is 3.58. The lowest BCUT2D eigenvalue weighted by molar-refractivity contribution is -0.274. The van der Waals surface area contributed by atoms with Crippen LogP contribution in [-0.2, 0) is 32.3 Å². The number of alkyl halides is 5. The fourth-order valence-corrected chi connectivity index (χ4v) is 5.43. The Balaban J connectivity index is 1.72. The molecule has 5 rings (SSSR count). The largest absolute Gasteiger partial charge is 0.573 e. The summed E-state index contributed by atoms with van der Waals surface area (Å²) in [6.07, 6.45) is -3.83. The van der Waals surface area contributed by atoms with Crippen molar-refractivity contribution in [2.75, 3.05) is 13.4 Å². The third-order valence-electron chi connectivity index (χ3n) is 6.87.